The smallest absolute Gasteiger partial charge is 0.235 e. The summed E-state index contributed by atoms with van der Waals surface area (Å²) in [5.41, 5.74) is 0.765. The van der Waals surface area contributed by atoms with Crippen LogP contribution in [0.4, 0.5) is 0 Å². The lowest BCUT2D eigenvalue weighted by Crippen LogP contribution is -2.25. The minimum Gasteiger partial charge on any atom is -0.507 e. The van der Waals surface area contributed by atoms with Crippen molar-refractivity contribution in [3.63, 3.8) is 0 Å². The SMILES string of the molecule is CCCN(CCC)Cc1c(O)ccc2c(=O)c(Oc3ccccc3Br)coc12. The molecule has 0 amide bonds. The number of hydrogen-bond acceptors (Lipinski definition) is 5. The average Bonchev–Trinajstić information content (AvgIpc) is 2.68. The van der Waals surface area contributed by atoms with Gasteiger partial charge in [0.05, 0.1) is 15.4 Å². The van der Waals surface area contributed by atoms with Crippen molar-refractivity contribution in [1.29, 1.82) is 0 Å². The molecule has 0 saturated carbocycles. The number of para-hydroxylation sites is 1. The van der Waals surface area contributed by atoms with Gasteiger partial charge < -0.3 is 14.3 Å². The summed E-state index contributed by atoms with van der Waals surface area (Å²) in [6.45, 7) is 6.60. The van der Waals surface area contributed by atoms with Crippen LogP contribution < -0.4 is 10.2 Å². The van der Waals surface area contributed by atoms with Gasteiger partial charge in [-0.1, -0.05) is 26.0 Å². The van der Waals surface area contributed by atoms with Gasteiger partial charge in [-0.25, -0.2) is 0 Å². The topological polar surface area (TPSA) is 62.9 Å². The highest BCUT2D eigenvalue weighted by Crippen LogP contribution is 2.31. The molecule has 0 radical (unpaired) electrons. The highest BCUT2D eigenvalue weighted by Gasteiger charge is 2.17. The molecule has 148 valence electrons. The van der Waals surface area contributed by atoms with Gasteiger partial charge in [0, 0.05) is 6.54 Å². The van der Waals surface area contributed by atoms with Crippen LogP contribution in [0, 0.1) is 0 Å². The second kappa shape index (κ2) is 9.26. The predicted molar refractivity (Wildman–Crippen MR) is 114 cm³/mol. The van der Waals surface area contributed by atoms with E-state index in [2.05, 4.69) is 34.7 Å². The van der Waals surface area contributed by atoms with Crippen LogP contribution in [-0.4, -0.2) is 23.1 Å². The summed E-state index contributed by atoms with van der Waals surface area (Å²) in [7, 11) is 0. The molecule has 1 heterocycles. The molecular weight excluding hydrogens is 422 g/mol. The quantitative estimate of drug-likeness (QED) is 0.483. The lowest BCUT2D eigenvalue weighted by atomic mass is 10.1. The largest absolute Gasteiger partial charge is 0.507 e. The molecule has 0 aliphatic heterocycles. The van der Waals surface area contributed by atoms with E-state index in [4.69, 9.17) is 9.15 Å². The molecule has 3 aromatic rings. The van der Waals surface area contributed by atoms with Crippen LogP contribution in [0.1, 0.15) is 32.3 Å². The fourth-order valence-electron chi connectivity index (χ4n) is 3.22. The van der Waals surface area contributed by atoms with Crippen molar-refractivity contribution in [2.75, 3.05) is 13.1 Å². The summed E-state index contributed by atoms with van der Waals surface area (Å²) in [6, 6.07) is 10.4. The number of phenols is 1. The molecule has 6 heteroatoms. The zero-order valence-corrected chi connectivity index (χ0v) is 17.7. The minimum atomic E-state index is -0.268. The molecule has 0 fully saturated rings. The van der Waals surface area contributed by atoms with Crippen molar-refractivity contribution in [3.8, 4) is 17.2 Å². The molecule has 1 aromatic heterocycles. The van der Waals surface area contributed by atoms with Gasteiger partial charge in [-0.15, -0.1) is 0 Å². The van der Waals surface area contributed by atoms with Gasteiger partial charge in [-0.3, -0.25) is 9.69 Å². The first-order chi connectivity index (χ1) is 13.5. The first kappa shape index (κ1) is 20.4. The van der Waals surface area contributed by atoms with E-state index < -0.39 is 0 Å². The standard InChI is InChI=1S/C22H24BrNO4/c1-3-11-24(12-4-2)13-16-18(25)10-9-15-21(26)20(14-27-22(15)16)28-19-8-6-5-7-17(19)23/h5-10,14,25H,3-4,11-13H2,1-2H3. The van der Waals surface area contributed by atoms with Gasteiger partial charge >= 0.3 is 0 Å². The van der Waals surface area contributed by atoms with Gasteiger partial charge in [0.25, 0.3) is 0 Å². The van der Waals surface area contributed by atoms with E-state index in [0.29, 0.717) is 28.8 Å². The van der Waals surface area contributed by atoms with Crippen molar-refractivity contribution in [3.05, 3.63) is 62.9 Å². The highest BCUT2D eigenvalue weighted by molar-refractivity contribution is 9.10. The molecule has 28 heavy (non-hydrogen) atoms. The number of phenolic OH excluding ortho intramolecular Hbond substituents is 1. The van der Waals surface area contributed by atoms with E-state index in [1.165, 1.54) is 6.26 Å². The van der Waals surface area contributed by atoms with E-state index in [-0.39, 0.29) is 16.9 Å². The molecule has 3 rings (SSSR count). The van der Waals surface area contributed by atoms with Crippen LogP contribution in [0.25, 0.3) is 11.0 Å². The summed E-state index contributed by atoms with van der Waals surface area (Å²) in [5, 5.41) is 10.8. The maximum absolute atomic E-state index is 12.9. The van der Waals surface area contributed by atoms with Crippen LogP contribution in [0.3, 0.4) is 0 Å². The van der Waals surface area contributed by atoms with E-state index in [1.807, 2.05) is 18.2 Å². The highest BCUT2D eigenvalue weighted by atomic mass is 79.9. The van der Waals surface area contributed by atoms with E-state index in [0.717, 1.165) is 30.4 Å². The van der Waals surface area contributed by atoms with Crippen LogP contribution >= 0.6 is 15.9 Å². The number of aromatic hydroxyl groups is 1. The molecule has 1 N–H and O–H groups in total. The molecule has 0 bridgehead atoms. The van der Waals surface area contributed by atoms with Crippen molar-refractivity contribution in [2.45, 2.75) is 33.2 Å². The minimum absolute atomic E-state index is 0.106. The third kappa shape index (κ3) is 4.39. The number of rotatable bonds is 8. The van der Waals surface area contributed by atoms with Crippen LogP contribution in [-0.2, 0) is 6.54 Å². The Morgan fingerprint density at radius 1 is 1.07 bits per heavy atom. The Bertz CT molecular complexity index is 1010. The number of halogens is 1. The third-order valence-electron chi connectivity index (χ3n) is 4.51. The molecule has 0 aliphatic rings. The fraction of sp³-hybridized carbons (Fsp3) is 0.318. The van der Waals surface area contributed by atoms with Crippen LogP contribution in [0.15, 0.2) is 56.3 Å². The number of fused-ring (bicyclic) bond motifs is 1. The second-order valence-electron chi connectivity index (χ2n) is 6.68. The fourth-order valence-corrected chi connectivity index (χ4v) is 3.59. The Balaban J connectivity index is 2.01. The molecule has 0 saturated heterocycles. The molecule has 0 atom stereocenters. The van der Waals surface area contributed by atoms with Gasteiger partial charge in [-0.2, -0.15) is 0 Å². The van der Waals surface area contributed by atoms with Gasteiger partial charge in [0.2, 0.25) is 11.2 Å². The second-order valence-corrected chi connectivity index (χ2v) is 7.53. The van der Waals surface area contributed by atoms with Crippen LogP contribution in [0.2, 0.25) is 0 Å². The summed E-state index contributed by atoms with van der Waals surface area (Å²) < 4.78 is 12.3. The lowest BCUT2D eigenvalue weighted by molar-refractivity contribution is 0.262. The van der Waals surface area contributed by atoms with E-state index in [9.17, 15) is 9.90 Å². The maximum Gasteiger partial charge on any atom is 0.235 e. The summed E-state index contributed by atoms with van der Waals surface area (Å²) in [4.78, 5) is 15.2. The Hall–Kier alpha value is -2.31. The zero-order valence-electron chi connectivity index (χ0n) is 16.1. The van der Waals surface area contributed by atoms with Gasteiger partial charge in [-0.05, 0) is 66.1 Å². The van der Waals surface area contributed by atoms with Gasteiger partial charge in [0.1, 0.15) is 23.3 Å². The van der Waals surface area contributed by atoms with Crippen molar-refractivity contribution in [1.82, 2.24) is 4.90 Å². The maximum atomic E-state index is 12.9. The number of nitrogens with zero attached hydrogens (tertiary/aromatic N) is 1. The number of benzene rings is 2. The Labute approximate surface area is 172 Å². The summed E-state index contributed by atoms with van der Waals surface area (Å²) in [6.07, 6.45) is 3.34. The normalized spacial score (nSPS) is 11.3. The third-order valence-corrected chi connectivity index (χ3v) is 5.16. The Morgan fingerprint density at radius 3 is 2.46 bits per heavy atom. The number of hydrogen-bond donors (Lipinski definition) is 1. The first-order valence-electron chi connectivity index (χ1n) is 9.46. The summed E-state index contributed by atoms with van der Waals surface area (Å²) >= 11 is 3.41. The Morgan fingerprint density at radius 2 is 1.79 bits per heavy atom. The molecule has 0 unspecified atom stereocenters. The average molecular weight is 446 g/mol. The van der Waals surface area contributed by atoms with E-state index >= 15 is 0 Å². The predicted octanol–water partition coefficient (Wildman–Crippen LogP) is 5.68. The summed E-state index contributed by atoms with van der Waals surface area (Å²) in [5.74, 6) is 0.771. The Kier molecular flexibility index (Phi) is 6.75. The van der Waals surface area contributed by atoms with Crippen molar-refractivity contribution >= 4 is 26.9 Å². The lowest BCUT2D eigenvalue weighted by Gasteiger charge is -2.22. The molecular formula is C22H24BrNO4. The molecule has 0 spiro atoms. The molecule has 5 nitrogen and oxygen atoms in total. The van der Waals surface area contributed by atoms with Crippen molar-refractivity contribution < 1.29 is 14.3 Å². The van der Waals surface area contributed by atoms with Crippen molar-refractivity contribution in [2.24, 2.45) is 0 Å². The molecule has 2 aromatic carbocycles. The van der Waals surface area contributed by atoms with E-state index in [1.54, 1.807) is 18.2 Å². The number of ether oxygens (including phenoxy) is 1. The van der Waals surface area contributed by atoms with Gasteiger partial charge in [0.15, 0.2) is 0 Å². The monoisotopic (exact) mass is 445 g/mol. The van der Waals surface area contributed by atoms with Crippen LogP contribution in [0.5, 0.6) is 17.2 Å². The first-order valence-corrected chi connectivity index (χ1v) is 10.3. The zero-order chi connectivity index (χ0) is 20.1. The molecule has 0 aliphatic carbocycles.